The first-order valence-electron chi connectivity index (χ1n) is 6.29. The van der Waals surface area contributed by atoms with Gasteiger partial charge in [0.2, 0.25) is 0 Å². The van der Waals surface area contributed by atoms with Crippen LogP contribution in [-0.2, 0) is 0 Å². The summed E-state index contributed by atoms with van der Waals surface area (Å²) >= 11 is 0. The number of rotatable bonds is 4. The predicted octanol–water partition coefficient (Wildman–Crippen LogP) is -15.2. The second kappa shape index (κ2) is 18.1. The summed E-state index contributed by atoms with van der Waals surface area (Å²) in [5.74, 6) is -6.07. The van der Waals surface area contributed by atoms with Crippen molar-refractivity contribution in [3.05, 3.63) is 70.8 Å². The van der Waals surface area contributed by atoms with Gasteiger partial charge in [0.1, 0.15) is 0 Å². The summed E-state index contributed by atoms with van der Waals surface area (Å²) < 4.78 is 0. The maximum atomic E-state index is 10.3. The van der Waals surface area contributed by atoms with Crippen molar-refractivity contribution >= 4 is 23.9 Å². The van der Waals surface area contributed by atoms with E-state index in [9.17, 15) is 39.6 Å². The molecule has 0 saturated carbocycles. The molecule has 0 bridgehead atoms. The predicted molar refractivity (Wildman–Crippen MR) is 70.2 cm³/mol. The van der Waals surface area contributed by atoms with E-state index in [0.717, 1.165) is 24.3 Å². The Hall–Kier alpha value is 0.320. The number of carbonyl (C=O) groups is 4. The molecule has 0 heterocycles. The normalized spacial score (nSPS) is 8.00. The van der Waals surface area contributed by atoms with Crippen LogP contribution < -0.4 is 139 Å². The minimum absolute atomic E-state index is 0. The van der Waals surface area contributed by atoms with Crippen LogP contribution in [0, 0.1) is 0 Å². The van der Waals surface area contributed by atoms with Crippen LogP contribution in [-0.4, -0.2) is 23.9 Å². The Bertz CT molecular complexity index is 677. The van der Waals surface area contributed by atoms with Gasteiger partial charge < -0.3 is 39.6 Å². The Labute approximate surface area is 248 Å². The SMILES string of the molecule is O=C([O-])c1ccccc1C(=O)[O-].O=C([O-])c1ccccc1C(=O)[O-].[Na+].[Na+].[Na+].[Na+]. The van der Waals surface area contributed by atoms with E-state index in [-0.39, 0.29) is 140 Å². The monoisotopic (exact) mass is 420 g/mol. The van der Waals surface area contributed by atoms with Crippen molar-refractivity contribution in [1.29, 1.82) is 0 Å². The van der Waals surface area contributed by atoms with Gasteiger partial charge in [-0.25, -0.2) is 0 Å². The van der Waals surface area contributed by atoms with Gasteiger partial charge in [-0.15, -0.1) is 0 Å². The maximum Gasteiger partial charge on any atom is 1.00 e. The molecule has 2 aromatic rings. The summed E-state index contributed by atoms with van der Waals surface area (Å²) in [5.41, 5.74) is -1.45. The minimum Gasteiger partial charge on any atom is -0.545 e. The molecule has 12 heteroatoms. The second-order valence-electron chi connectivity index (χ2n) is 4.24. The van der Waals surface area contributed by atoms with Crippen molar-refractivity contribution in [3.8, 4) is 0 Å². The van der Waals surface area contributed by atoms with Gasteiger partial charge in [-0.3, -0.25) is 0 Å². The van der Waals surface area contributed by atoms with Gasteiger partial charge in [0.05, 0.1) is 23.9 Å². The third-order valence-electron chi connectivity index (χ3n) is 2.73. The van der Waals surface area contributed by atoms with E-state index in [0.29, 0.717) is 0 Å². The van der Waals surface area contributed by atoms with E-state index in [1.165, 1.54) is 24.3 Å². The number of hydrogen-bond acceptors (Lipinski definition) is 8. The molecule has 0 saturated heterocycles. The van der Waals surface area contributed by atoms with Crippen molar-refractivity contribution in [2.24, 2.45) is 0 Å². The van der Waals surface area contributed by atoms with Gasteiger partial charge >= 0.3 is 118 Å². The van der Waals surface area contributed by atoms with Crippen molar-refractivity contribution in [2.75, 3.05) is 0 Å². The fourth-order valence-electron chi connectivity index (χ4n) is 1.68. The summed E-state index contributed by atoms with van der Waals surface area (Å²) in [6, 6.07) is 10.3. The smallest absolute Gasteiger partial charge is 0.545 e. The molecule has 0 unspecified atom stereocenters. The number of carboxylic acid groups (broad SMARTS) is 4. The van der Waals surface area contributed by atoms with Crippen molar-refractivity contribution in [3.63, 3.8) is 0 Å². The van der Waals surface area contributed by atoms with E-state index in [1.807, 2.05) is 0 Å². The molecular weight excluding hydrogens is 412 g/mol. The number of hydrogen-bond donors (Lipinski definition) is 0. The molecule has 0 aliphatic rings. The van der Waals surface area contributed by atoms with Crippen LogP contribution in [0.25, 0.3) is 0 Å². The molecule has 0 atom stereocenters. The molecule has 0 fully saturated rings. The van der Waals surface area contributed by atoms with E-state index < -0.39 is 23.9 Å². The molecule has 0 N–H and O–H groups in total. The van der Waals surface area contributed by atoms with Crippen LogP contribution in [0.2, 0.25) is 0 Å². The molecule has 0 amide bonds. The number of carbonyl (C=O) groups excluding carboxylic acids is 4. The molecule has 0 aliphatic heterocycles. The van der Waals surface area contributed by atoms with Gasteiger partial charge in [0, 0.05) is 22.3 Å². The zero-order valence-electron chi connectivity index (χ0n) is 15.9. The van der Waals surface area contributed by atoms with Crippen molar-refractivity contribution in [2.45, 2.75) is 0 Å². The van der Waals surface area contributed by atoms with Gasteiger partial charge in [0.25, 0.3) is 0 Å². The number of aromatic carboxylic acids is 4. The minimum atomic E-state index is -1.52. The van der Waals surface area contributed by atoms with E-state index >= 15 is 0 Å². The summed E-state index contributed by atoms with van der Waals surface area (Å²) in [5, 5.41) is 41.3. The fraction of sp³-hybridized carbons (Fsp3) is 0. The third kappa shape index (κ3) is 11.5. The van der Waals surface area contributed by atoms with Gasteiger partial charge in [-0.2, -0.15) is 0 Å². The second-order valence-corrected chi connectivity index (χ2v) is 4.24. The maximum absolute atomic E-state index is 10.3. The first kappa shape index (κ1) is 35.7. The van der Waals surface area contributed by atoms with E-state index in [2.05, 4.69) is 0 Å². The van der Waals surface area contributed by atoms with Crippen LogP contribution >= 0.6 is 0 Å². The quantitative estimate of drug-likeness (QED) is 0.441. The zero-order valence-corrected chi connectivity index (χ0v) is 23.9. The van der Waals surface area contributed by atoms with Crippen LogP contribution in [0.4, 0.5) is 0 Å². The Morgan fingerprint density at radius 2 is 0.571 bits per heavy atom. The molecular formula is C16H8Na4O8. The molecule has 8 nitrogen and oxygen atoms in total. The average Bonchev–Trinajstić information content (AvgIpc) is 2.55. The molecule has 124 valence electrons. The molecule has 0 aliphatic carbocycles. The summed E-state index contributed by atoms with van der Waals surface area (Å²) in [6.07, 6.45) is 0. The fourth-order valence-corrected chi connectivity index (χ4v) is 1.68. The standard InChI is InChI=1S/2C8H6O4.4Na/c2*9-7(10)5-3-1-2-4-6(5)8(11)12;;;;/h2*1-4H,(H,9,10)(H,11,12);;;;/q;;4*+1/p-4. The van der Waals surface area contributed by atoms with Crippen molar-refractivity contribution < 1.29 is 158 Å². The van der Waals surface area contributed by atoms with Crippen LogP contribution in [0.5, 0.6) is 0 Å². The molecule has 2 aromatic carbocycles. The van der Waals surface area contributed by atoms with E-state index in [4.69, 9.17) is 0 Å². The summed E-state index contributed by atoms with van der Waals surface area (Å²) in [4.78, 5) is 41.3. The Balaban J connectivity index is -0.000000180. The first-order valence-corrected chi connectivity index (χ1v) is 6.29. The largest absolute Gasteiger partial charge is 1.00 e. The molecule has 0 spiro atoms. The Kier molecular flexibility index (Phi) is 23.1. The Morgan fingerprint density at radius 3 is 0.679 bits per heavy atom. The Morgan fingerprint density at radius 1 is 0.429 bits per heavy atom. The zero-order chi connectivity index (χ0) is 18.3. The number of carboxylic acids is 4. The molecule has 2 rings (SSSR count). The van der Waals surface area contributed by atoms with Gasteiger partial charge in [-0.05, 0) is 0 Å². The van der Waals surface area contributed by atoms with E-state index in [1.54, 1.807) is 0 Å². The summed E-state index contributed by atoms with van der Waals surface area (Å²) in [6.45, 7) is 0. The van der Waals surface area contributed by atoms with Crippen LogP contribution in [0.1, 0.15) is 41.4 Å². The molecule has 0 aromatic heterocycles. The van der Waals surface area contributed by atoms with Crippen LogP contribution in [0.15, 0.2) is 48.5 Å². The average molecular weight is 420 g/mol. The third-order valence-corrected chi connectivity index (χ3v) is 2.73. The van der Waals surface area contributed by atoms with Gasteiger partial charge in [-0.1, -0.05) is 48.5 Å². The summed E-state index contributed by atoms with van der Waals surface area (Å²) in [7, 11) is 0. The number of benzene rings is 2. The molecule has 0 radical (unpaired) electrons. The first-order chi connectivity index (χ1) is 11.3. The van der Waals surface area contributed by atoms with Gasteiger partial charge in [0.15, 0.2) is 0 Å². The molecule has 28 heavy (non-hydrogen) atoms. The topological polar surface area (TPSA) is 161 Å². The van der Waals surface area contributed by atoms with Crippen LogP contribution in [0.3, 0.4) is 0 Å². The van der Waals surface area contributed by atoms with Crippen molar-refractivity contribution in [1.82, 2.24) is 0 Å².